The maximum Gasteiger partial charge on any atom is 0.336 e. The van der Waals surface area contributed by atoms with Crippen molar-refractivity contribution in [3.63, 3.8) is 0 Å². The summed E-state index contributed by atoms with van der Waals surface area (Å²) in [6, 6.07) is 0. The number of carbonyl (C=O) groups excluding carboxylic acids is 2. The Bertz CT molecular complexity index is 489. The van der Waals surface area contributed by atoms with E-state index in [1.165, 1.54) is 12.8 Å². The SMILES string of the molecule is CCCCCCC1C(C(C)=O)=C(C)NC(C)=C1C(=O)OCC. The van der Waals surface area contributed by atoms with Crippen LogP contribution in [0.3, 0.4) is 0 Å². The molecule has 0 bridgehead atoms. The van der Waals surface area contributed by atoms with Crippen molar-refractivity contribution in [2.45, 2.75) is 66.7 Å². The second-order valence-electron chi connectivity index (χ2n) is 5.88. The fourth-order valence-corrected chi connectivity index (χ4v) is 3.16. The fraction of sp³-hybridized carbons (Fsp3) is 0.667. The predicted molar refractivity (Wildman–Crippen MR) is 88.1 cm³/mol. The van der Waals surface area contributed by atoms with Crippen LogP contribution in [0.15, 0.2) is 22.5 Å². The molecule has 0 aliphatic carbocycles. The van der Waals surface area contributed by atoms with Gasteiger partial charge in [-0.05, 0) is 34.1 Å². The summed E-state index contributed by atoms with van der Waals surface area (Å²) in [5.74, 6) is -0.423. The van der Waals surface area contributed by atoms with Gasteiger partial charge in [0.1, 0.15) is 0 Å². The first-order valence-electron chi connectivity index (χ1n) is 8.30. The molecule has 1 unspecified atom stereocenters. The van der Waals surface area contributed by atoms with Crippen LogP contribution in [0.1, 0.15) is 66.7 Å². The topological polar surface area (TPSA) is 55.4 Å². The second kappa shape index (κ2) is 8.76. The Morgan fingerprint density at radius 3 is 2.23 bits per heavy atom. The number of carbonyl (C=O) groups is 2. The van der Waals surface area contributed by atoms with Crippen LogP contribution >= 0.6 is 0 Å². The Morgan fingerprint density at radius 2 is 1.68 bits per heavy atom. The molecule has 1 aliphatic heterocycles. The average Bonchev–Trinajstić information content (AvgIpc) is 2.42. The van der Waals surface area contributed by atoms with Crippen molar-refractivity contribution in [1.29, 1.82) is 0 Å². The van der Waals surface area contributed by atoms with Crippen molar-refractivity contribution in [3.05, 3.63) is 22.5 Å². The Balaban J connectivity index is 3.06. The summed E-state index contributed by atoms with van der Waals surface area (Å²) in [7, 11) is 0. The van der Waals surface area contributed by atoms with Crippen LogP contribution in [-0.2, 0) is 14.3 Å². The summed E-state index contributed by atoms with van der Waals surface area (Å²) in [5.41, 5.74) is 3.01. The van der Waals surface area contributed by atoms with E-state index in [0.717, 1.165) is 36.2 Å². The number of hydrogen-bond acceptors (Lipinski definition) is 4. The standard InChI is InChI=1S/C18H29NO3/c1-6-8-9-10-11-15-16(14(5)20)12(3)19-13(4)17(15)18(21)22-7-2/h15,19H,6-11H2,1-5H3. The number of dihydropyridines is 1. The number of ketones is 1. The van der Waals surface area contributed by atoms with E-state index in [9.17, 15) is 9.59 Å². The summed E-state index contributed by atoms with van der Waals surface area (Å²) >= 11 is 0. The minimum absolute atomic E-state index is 0.0276. The molecule has 1 aliphatic rings. The number of nitrogens with one attached hydrogen (secondary N) is 1. The number of rotatable bonds is 8. The van der Waals surface area contributed by atoms with Gasteiger partial charge in [-0.25, -0.2) is 4.79 Å². The molecule has 0 aromatic carbocycles. The van der Waals surface area contributed by atoms with Gasteiger partial charge in [0.2, 0.25) is 0 Å². The van der Waals surface area contributed by atoms with Crippen LogP contribution in [0, 0.1) is 5.92 Å². The molecule has 0 aromatic rings. The Hall–Kier alpha value is -1.58. The van der Waals surface area contributed by atoms with Gasteiger partial charge in [-0.1, -0.05) is 32.6 Å². The summed E-state index contributed by atoms with van der Waals surface area (Å²) in [4.78, 5) is 24.4. The minimum Gasteiger partial charge on any atom is -0.463 e. The molecule has 4 nitrogen and oxygen atoms in total. The van der Waals surface area contributed by atoms with E-state index in [-0.39, 0.29) is 17.7 Å². The number of allylic oxidation sites excluding steroid dienone is 3. The van der Waals surface area contributed by atoms with Crippen LogP contribution in [0.25, 0.3) is 0 Å². The average molecular weight is 307 g/mol. The third-order valence-electron chi connectivity index (χ3n) is 4.10. The van der Waals surface area contributed by atoms with Crippen LogP contribution in [-0.4, -0.2) is 18.4 Å². The fourth-order valence-electron chi connectivity index (χ4n) is 3.16. The molecule has 0 saturated carbocycles. The van der Waals surface area contributed by atoms with Gasteiger partial charge < -0.3 is 10.1 Å². The lowest BCUT2D eigenvalue weighted by molar-refractivity contribution is -0.139. The highest BCUT2D eigenvalue weighted by Gasteiger charge is 2.33. The molecule has 1 heterocycles. The van der Waals surface area contributed by atoms with E-state index in [2.05, 4.69) is 12.2 Å². The minimum atomic E-state index is -0.306. The molecule has 0 spiro atoms. The Kier molecular flexibility index (Phi) is 7.36. The molecule has 0 fully saturated rings. The Labute approximate surface area is 134 Å². The van der Waals surface area contributed by atoms with Crippen LogP contribution in [0.5, 0.6) is 0 Å². The number of hydrogen-bond donors (Lipinski definition) is 1. The second-order valence-corrected chi connectivity index (χ2v) is 5.88. The maximum atomic E-state index is 12.3. The smallest absolute Gasteiger partial charge is 0.336 e. The number of Topliss-reactive ketones (excluding diaryl/α,β-unsaturated/α-hetero) is 1. The van der Waals surface area contributed by atoms with E-state index in [1.54, 1.807) is 13.8 Å². The highest BCUT2D eigenvalue weighted by atomic mass is 16.5. The number of unbranched alkanes of at least 4 members (excludes halogenated alkanes) is 3. The lowest BCUT2D eigenvalue weighted by atomic mass is 9.80. The largest absolute Gasteiger partial charge is 0.463 e. The van der Waals surface area contributed by atoms with Gasteiger partial charge in [0, 0.05) is 22.9 Å². The first-order valence-corrected chi connectivity index (χ1v) is 8.30. The van der Waals surface area contributed by atoms with Crippen molar-refractivity contribution < 1.29 is 14.3 Å². The summed E-state index contributed by atoms with van der Waals surface area (Å²) in [6.45, 7) is 9.67. The first kappa shape index (κ1) is 18.5. The van der Waals surface area contributed by atoms with E-state index in [4.69, 9.17) is 4.74 Å². The molecule has 0 saturated heterocycles. The normalized spacial score (nSPS) is 18.3. The van der Waals surface area contributed by atoms with Crippen molar-refractivity contribution in [3.8, 4) is 0 Å². The molecule has 1 N–H and O–H groups in total. The zero-order valence-corrected chi connectivity index (χ0v) is 14.5. The van der Waals surface area contributed by atoms with Crippen molar-refractivity contribution in [2.24, 2.45) is 5.92 Å². The number of esters is 1. The van der Waals surface area contributed by atoms with Crippen LogP contribution in [0.4, 0.5) is 0 Å². The van der Waals surface area contributed by atoms with Crippen LogP contribution < -0.4 is 5.32 Å². The summed E-state index contributed by atoms with van der Waals surface area (Å²) in [6.07, 6.45) is 5.30. The molecule has 4 heteroatoms. The molecule has 0 aromatic heterocycles. The molecular formula is C18H29NO3. The zero-order valence-electron chi connectivity index (χ0n) is 14.5. The van der Waals surface area contributed by atoms with E-state index in [1.807, 2.05) is 13.8 Å². The van der Waals surface area contributed by atoms with Gasteiger partial charge in [-0.15, -0.1) is 0 Å². The third-order valence-corrected chi connectivity index (χ3v) is 4.10. The van der Waals surface area contributed by atoms with Gasteiger partial charge >= 0.3 is 5.97 Å². The van der Waals surface area contributed by atoms with Gasteiger partial charge in [-0.2, -0.15) is 0 Å². The molecule has 0 amide bonds. The lowest BCUT2D eigenvalue weighted by Gasteiger charge is -2.30. The predicted octanol–water partition coefficient (Wildman–Crippen LogP) is 3.88. The van der Waals surface area contributed by atoms with E-state index >= 15 is 0 Å². The first-order chi connectivity index (χ1) is 10.4. The summed E-state index contributed by atoms with van der Waals surface area (Å²) in [5, 5.41) is 3.17. The lowest BCUT2D eigenvalue weighted by Crippen LogP contribution is -2.32. The monoisotopic (exact) mass is 307 g/mol. The van der Waals surface area contributed by atoms with E-state index in [0.29, 0.717) is 12.2 Å². The molecule has 22 heavy (non-hydrogen) atoms. The van der Waals surface area contributed by atoms with Gasteiger partial charge in [0.15, 0.2) is 5.78 Å². The summed E-state index contributed by atoms with van der Waals surface area (Å²) < 4.78 is 5.20. The van der Waals surface area contributed by atoms with Crippen LogP contribution in [0.2, 0.25) is 0 Å². The van der Waals surface area contributed by atoms with Crippen molar-refractivity contribution >= 4 is 11.8 Å². The maximum absolute atomic E-state index is 12.3. The highest BCUT2D eigenvalue weighted by molar-refractivity contribution is 6.00. The van der Waals surface area contributed by atoms with Crippen molar-refractivity contribution in [2.75, 3.05) is 6.61 Å². The number of ether oxygens (including phenoxy) is 1. The van der Waals surface area contributed by atoms with Gasteiger partial charge in [0.25, 0.3) is 0 Å². The molecule has 1 rings (SSSR count). The highest BCUT2D eigenvalue weighted by Crippen LogP contribution is 2.34. The zero-order chi connectivity index (χ0) is 16.7. The Morgan fingerprint density at radius 1 is 1.05 bits per heavy atom. The van der Waals surface area contributed by atoms with E-state index < -0.39 is 0 Å². The van der Waals surface area contributed by atoms with Gasteiger partial charge in [-0.3, -0.25) is 4.79 Å². The quantitative estimate of drug-likeness (QED) is 0.546. The molecule has 124 valence electrons. The molecular weight excluding hydrogens is 278 g/mol. The molecule has 0 radical (unpaired) electrons. The third kappa shape index (κ3) is 4.46. The van der Waals surface area contributed by atoms with Gasteiger partial charge in [0.05, 0.1) is 12.2 Å². The molecule has 1 atom stereocenters. The van der Waals surface area contributed by atoms with Crippen molar-refractivity contribution in [1.82, 2.24) is 5.32 Å².